The number of urea groups is 1. The third kappa shape index (κ3) is 4.61. The Morgan fingerprint density at radius 1 is 1.09 bits per heavy atom. The van der Waals surface area contributed by atoms with Gasteiger partial charge in [0.15, 0.2) is 0 Å². The fourth-order valence-electron chi connectivity index (χ4n) is 4.10. The van der Waals surface area contributed by atoms with Gasteiger partial charge >= 0.3 is 6.03 Å². The molecule has 3 heterocycles. The first kappa shape index (κ1) is 23.0. The highest BCUT2D eigenvalue weighted by molar-refractivity contribution is 8.03. The lowest BCUT2D eigenvalue weighted by atomic mass is 10.1. The van der Waals surface area contributed by atoms with Crippen molar-refractivity contribution in [2.24, 2.45) is 0 Å². The van der Waals surface area contributed by atoms with Gasteiger partial charge in [0.1, 0.15) is 23.3 Å². The Kier molecular flexibility index (Phi) is 6.45. The van der Waals surface area contributed by atoms with Crippen molar-refractivity contribution in [1.29, 1.82) is 0 Å². The standard InChI is InChI=1S/C25H24N4O5S/c1-3-33-19-6-4-5-17(13-19)23-26-21(34-27-23)15-28-20-11-12-35-22(20)24(30)29(25(28)31)14-16-7-9-18(32-2)10-8-16/h4-13,20,22H,3,14-15H2,1-2H3. The van der Waals surface area contributed by atoms with Crippen molar-refractivity contribution in [1.82, 2.24) is 19.9 Å². The number of ether oxygens (including phenoxy) is 2. The predicted octanol–water partition coefficient (Wildman–Crippen LogP) is 4.11. The number of carbonyl (C=O) groups excluding carboxylic acids is 2. The molecule has 2 aromatic carbocycles. The number of carbonyl (C=O) groups is 2. The lowest BCUT2D eigenvalue weighted by Crippen LogP contribution is -2.61. The van der Waals surface area contributed by atoms with Crippen molar-refractivity contribution >= 4 is 23.7 Å². The molecule has 1 aromatic heterocycles. The molecule has 0 bridgehead atoms. The third-order valence-electron chi connectivity index (χ3n) is 5.83. The average molecular weight is 493 g/mol. The zero-order valence-electron chi connectivity index (χ0n) is 19.3. The first-order chi connectivity index (χ1) is 17.1. The molecular weight excluding hydrogens is 468 g/mol. The molecule has 0 aliphatic carbocycles. The van der Waals surface area contributed by atoms with Crippen LogP contribution >= 0.6 is 11.8 Å². The molecule has 0 radical (unpaired) electrons. The minimum Gasteiger partial charge on any atom is -0.497 e. The van der Waals surface area contributed by atoms with E-state index in [9.17, 15) is 9.59 Å². The fraction of sp³-hybridized carbons (Fsp3) is 0.280. The number of thioether (sulfide) groups is 1. The second-order valence-corrected chi connectivity index (χ2v) is 9.08. The lowest BCUT2D eigenvalue weighted by molar-refractivity contribution is -0.132. The minimum absolute atomic E-state index is 0.0927. The number of hydrogen-bond acceptors (Lipinski definition) is 8. The van der Waals surface area contributed by atoms with Crippen LogP contribution in [0, 0.1) is 0 Å². The maximum absolute atomic E-state index is 13.5. The van der Waals surface area contributed by atoms with E-state index < -0.39 is 11.3 Å². The number of imide groups is 1. The van der Waals surface area contributed by atoms with Gasteiger partial charge in [-0.15, -0.1) is 11.8 Å². The Labute approximate surface area is 206 Å². The molecule has 0 saturated carbocycles. The van der Waals surface area contributed by atoms with Crippen molar-refractivity contribution in [2.75, 3.05) is 13.7 Å². The Morgan fingerprint density at radius 2 is 1.91 bits per heavy atom. The molecule has 35 heavy (non-hydrogen) atoms. The number of amides is 3. The van der Waals surface area contributed by atoms with Gasteiger partial charge in [-0.3, -0.25) is 9.69 Å². The molecule has 2 unspecified atom stereocenters. The monoisotopic (exact) mass is 492 g/mol. The SMILES string of the molecule is CCOc1cccc(-c2noc(CN3C(=O)N(Cc4ccc(OC)cc4)C(=O)C4SC=CC43)n2)c1. The van der Waals surface area contributed by atoms with Gasteiger partial charge in [0.25, 0.3) is 0 Å². The van der Waals surface area contributed by atoms with Crippen LogP contribution in [0.25, 0.3) is 11.4 Å². The van der Waals surface area contributed by atoms with Crippen LogP contribution in [0.3, 0.4) is 0 Å². The molecule has 9 nitrogen and oxygen atoms in total. The second-order valence-electron chi connectivity index (χ2n) is 8.03. The second kappa shape index (κ2) is 9.83. The molecule has 10 heteroatoms. The van der Waals surface area contributed by atoms with Crippen LogP contribution in [0.4, 0.5) is 4.79 Å². The van der Waals surface area contributed by atoms with Gasteiger partial charge in [0.05, 0.1) is 26.3 Å². The molecular formula is C25H24N4O5S. The molecule has 5 rings (SSSR count). The summed E-state index contributed by atoms with van der Waals surface area (Å²) < 4.78 is 16.2. The summed E-state index contributed by atoms with van der Waals surface area (Å²) in [7, 11) is 1.59. The van der Waals surface area contributed by atoms with Crippen molar-refractivity contribution in [3.63, 3.8) is 0 Å². The van der Waals surface area contributed by atoms with Crippen LogP contribution in [0.15, 0.2) is 64.5 Å². The van der Waals surface area contributed by atoms with Crippen molar-refractivity contribution in [3.8, 4) is 22.9 Å². The van der Waals surface area contributed by atoms with Gasteiger partial charge in [-0.1, -0.05) is 35.5 Å². The number of methoxy groups -OCH3 is 1. The summed E-state index contributed by atoms with van der Waals surface area (Å²) in [6, 6.07) is 14.0. The quantitative estimate of drug-likeness (QED) is 0.464. The number of fused-ring (bicyclic) bond motifs is 1. The maximum Gasteiger partial charge on any atom is 0.328 e. The first-order valence-electron chi connectivity index (χ1n) is 11.2. The number of rotatable bonds is 8. The summed E-state index contributed by atoms with van der Waals surface area (Å²) in [6.07, 6.45) is 1.87. The predicted molar refractivity (Wildman–Crippen MR) is 130 cm³/mol. The average Bonchev–Trinajstić information content (AvgIpc) is 3.55. The highest BCUT2D eigenvalue weighted by Crippen LogP contribution is 2.36. The molecule has 0 N–H and O–H groups in total. The van der Waals surface area contributed by atoms with E-state index in [-0.39, 0.29) is 30.9 Å². The van der Waals surface area contributed by atoms with Gasteiger partial charge < -0.3 is 18.9 Å². The van der Waals surface area contributed by atoms with E-state index in [1.165, 1.54) is 16.7 Å². The molecule has 2 aliphatic rings. The summed E-state index contributed by atoms with van der Waals surface area (Å²) in [6.45, 7) is 2.73. The fourth-order valence-corrected chi connectivity index (χ4v) is 5.16. The number of aromatic nitrogens is 2. The van der Waals surface area contributed by atoms with Gasteiger partial charge in [-0.2, -0.15) is 4.98 Å². The van der Waals surface area contributed by atoms with Gasteiger partial charge in [0.2, 0.25) is 17.6 Å². The third-order valence-corrected chi connectivity index (χ3v) is 6.92. The minimum atomic E-state index is -0.406. The molecule has 1 fully saturated rings. The van der Waals surface area contributed by atoms with Crippen molar-refractivity contribution in [3.05, 3.63) is 71.5 Å². The van der Waals surface area contributed by atoms with E-state index in [4.69, 9.17) is 14.0 Å². The van der Waals surface area contributed by atoms with Crippen molar-refractivity contribution < 1.29 is 23.6 Å². The van der Waals surface area contributed by atoms with Gasteiger partial charge in [-0.25, -0.2) is 4.79 Å². The summed E-state index contributed by atoms with van der Waals surface area (Å²) in [4.78, 5) is 34.0. The van der Waals surface area contributed by atoms with E-state index in [1.54, 1.807) is 24.1 Å². The van der Waals surface area contributed by atoms with E-state index in [2.05, 4.69) is 10.1 Å². The van der Waals surface area contributed by atoms with Crippen LogP contribution in [0.5, 0.6) is 11.5 Å². The number of benzene rings is 2. The van der Waals surface area contributed by atoms with E-state index in [1.807, 2.05) is 54.8 Å². The Hall–Kier alpha value is -3.79. The van der Waals surface area contributed by atoms with E-state index >= 15 is 0 Å². The molecule has 2 aliphatic heterocycles. The molecule has 0 spiro atoms. The maximum atomic E-state index is 13.5. The normalized spacial score (nSPS) is 19.3. The summed E-state index contributed by atoms with van der Waals surface area (Å²) in [5.41, 5.74) is 1.58. The van der Waals surface area contributed by atoms with Crippen LogP contribution in [-0.4, -0.2) is 56.9 Å². The molecule has 2 atom stereocenters. The smallest absolute Gasteiger partial charge is 0.328 e. The van der Waals surface area contributed by atoms with Crippen LogP contribution in [0.2, 0.25) is 0 Å². The van der Waals surface area contributed by atoms with Crippen molar-refractivity contribution in [2.45, 2.75) is 31.3 Å². The van der Waals surface area contributed by atoms with Crippen LogP contribution < -0.4 is 9.47 Å². The zero-order chi connectivity index (χ0) is 24.4. The molecule has 3 aromatic rings. The van der Waals surface area contributed by atoms with E-state index in [0.29, 0.717) is 23.9 Å². The first-order valence-corrected chi connectivity index (χ1v) is 12.1. The highest BCUT2D eigenvalue weighted by atomic mass is 32.2. The molecule has 180 valence electrons. The Bertz CT molecular complexity index is 1260. The number of hydrogen-bond donors (Lipinski definition) is 0. The van der Waals surface area contributed by atoms with Gasteiger partial charge in [0, 0.05) is 5.56 Å². The summed E-state index contributed by atoms with van der Waals surface area (Å²) >= 11 is 1.41. The Balaban J connectivity index is 1.36. The summed E-state index contributed by atoms with van der Waals surface area (Å²) in [5, 5.41) is 5.54. The lowest BCUT2D eigenvalue weighted by Gasteiger charge is -2.40. The van der Waals surface area contributed by atoms with Gasteiger partial charge in [-0.05, 0) is 42.2 Å². The molecule has 1 saturated heterocycles. The summed E-state index contributed by atoms with van der Waals surface area (Å²) in [5.74, 6) is 1.91. The highest BCUT2D eigenvalue weighted by Gasteiger charge is 2.47. The zero-order valence-corrected chi connectivity index (χ0v) is 20.1. The topological polar surface area (TPSA) is 98.0 Å². The van der Waals surface area contributed by atoms with Crippen LogP contribution in [0.1, 0.15) is 18.4 Å². The van der Waals surface area contributed by atoms with Crippen LogP contribution in [-0.2, 0) is 17.9 Å². The largest absolute Gasteiger partial charge is 0.497 e. The Morgan fingerprint density at radius 3 is 2.69 bits per heavy atom. The number of nitrogens with zero attached hydrogens (tertiary/aromatic N) is 4. The van der Waals surface area contributed by atoms with E-state index in [0.717, 1.165) is 11.1 Å². The molecule has 3 amide bonds.